The Morgan fingerprint density at radius 3 is 1.29 bits per heavy atom. The molecule has 0 amide bonds. The average Bonchev–Trinajstić information content (AvgIpc) is 1.92. The van der Waals surface area contributed by atoms with Crippen molar-refractivity contribution in [2.24, 2.45) is 0 Å². The van der Waals surface area contributed by atoms with Crippen molar-refractivity contribution in [3.63, 3.8) is 0 Å². The quantitative estimate of drug-likeness (QED) is 0.482. The normalized spacial score (nSPS) is 13.3. The molecule has 86 valence electrons. The van der Waals surface area contributed by atoms with Crippen LogP contribution < -0.4 is 0 Å². The van der Waals surface area contributed by atoms with E-state index in [1.54, 1.807) is 0 Å². The molecular formula is C8H14F4O2. The van der Waals surface area contributed by atoms with Crippen LogP contribution in [0.2, 0.25) is 0 Å². The number of hydrogen-bond acceptors (Lipinski definition) is 2. The SMILES string of the molecule is CC(F)(F)COCCOCC(C)(F)F. The summed E-state index contributed by atoms with van der Waals surface area (Å²) in [6.45, 7) is -0.237. The highest BCUT2D eigenvalue weighted by atomic mass is 19.3. The van der Waals surface area contributed by atoms with Crippen LogP contribution in [0.15, 0.2) is 0 Å². The van der Waals surface area contributed by atoms with Gasteiger partial charge in [-0.25, -0.2) is 17.6 Å². The molecule has 0 aromatic carbocycles. The minimum Gasteiger partial charge on any atom is -0.373 e. The maximum Gasteiger partial charge on any atom is 0.268 e. The molecule has 0 aliphatic heterocycles. The molecule has 0 unspecified atom stereocenters. The van der Waals surface area contributed by atoms with E-state index in [1.807, 2.05) is 0 Å². The fraction of sp³-hybridized carbons (Fsp3) is 1.00. The van der Waals surface area contributed by atoms with E-state index in [1.165, 1.54) is 0 Å². The predicted octanol–water partition coefficient (Wildman–Crippen LogP) is 2.33. The Morgan fingerprint density at radius 1 is 0.786 bits per heavy atom. The second-order valence-electron chi connectivity index (χ2n) is 3.25. The standard InChI is InChI=1S/C8H14F4O2/c1-7(9,10)5-13-3-4-14-6-8(2,11)12/h3-6H2,1-2H3. The Bertz CT molecular complexity index is 132. The molecule has 6 heteroatoms. The van der Waals surface area contributed by atoms with Crippen molar-refractivity contribution in [3.05, 3.63) is 0 Å². The smallest absolute Gasteiger partial charge is 0.268 e. The van der Waals surface area contributed by atoms with Crippen molar-refractivity contribution in [2.75, 3.05) is 26.4 Å². The summed E-state index contributed by atoms with van der Waals surface area (Å²) in [5, 5.41) is 0. The zero-order valence-corrected chi connectivity index (χ0v) is 8.16. The Morgan fingerprint density at radius 2 is 1.07 bits per heavy atom. The third-order valence-corrected chi connectivity index (χ3v) is 1.08. The molecule has 0 radical (unpaired) electrons. The van der Waals surface area contributed by atoms with E-state index in [4.69, 9.17) is 0 Å². The Hall–Kier alpha value is -0.360. The molecular weight excluding hydrogens is 204 g/mol. The Kier molecular flexibility index (Phi) is 5.36. The fourth-order valence-corrected chi connectivity index (χ4v) is 0.621. The van der Waals surface area contributed by atoms with E-state index >= 15 is 0 Å². The van der Waals surface area contributed by atoms with Crippen LogP contribution >= 0.6 is 0 Å². The van der Waals surface area contributed by atoms with Crippen LogP contribution in [0.1, 0.15) is 13.8 Å². The molecule has 0 aromatic rings. The summed E-state index contributed by atoms with van der Waals surface area (Å²) in [4.78, 5) is 0. The van der Waals surface area contributed by atoms with Crippen molar-refractivity contribution in [1.82, 2.24) is 0 Å². The molecule has 0 bridgehead atoms. The zero-order valence-electron chi connectivity index (χ0n) is 8.16. The van der Waals surface area contributed by atoms with Crippen LogP contribution in [-0.2, 0) is 9.47 Å². The Labute approximate surface area is 80.2 Å². The first-order valence-corrected chi connectivity index (χ1v) is 4.12. The highest BCUT2D eigenvalue weighted by Gasteiger charge is 2.22. The molecule has 0 aliphatic carbocycles. The molecule has 0 saturated carbocycles. The molecule has 0 aliphatic rings. The molecule has 0 aromatic heterocycles. The fourth-order valence-electron chi connectivity index (χ4n) is 0.621. The van der Waals surface area contributed by atoms with Crippen LogP contribution in [0.4, 0.5) is 17.6 Å². The maximum absolute atomic E-state index is 12.1. The van der Waals surface area contributed by atoms with E-state index < -0.39 is 25.1 Å². The van der Waals surface area contributed by atoms with Gasteiger partial charge in [-0.1, -0.05) is 0 Å². The topological polar surface area (TPSA) is 18.5 Å². The van der Waals surface area contributed by atoms with Crippen molar-refractivity contribution in [1.29, 1.82) is 0 Å². The van der Waals surface area contributed by atoms with Crippen molar-refractivity contribution in [2.45, 2.75) is 25.7 Å². The summed E-state index contributed by atoms with van der Waals surface area (Å²) in [5.41, 5.74) is 0. The van der Waals surface area contributed by atoms with Gasteiger partial charge in [0.1, 0.15) is 13.2 Å². The molecule has 0 saturated heterocycles. The molecule has 2 nitrogen and oxygen atoms in total. The number of halogens is 4. The molecule has 0 heterocycles. The second-order valence-corrected chi connectivity index (χ2v) is 3.25. The van der Waals surface area contributed by atoms with Gasteiger partial charge in [-0.2, -0.15) is 0 Å². The first kappa shape index (κ1) is 13.6. The zero-order chi connectivity index (χ0) is 11.2. The first-order chi connectivity index (χ1) is 6.21. The molecule has 0 N–H and O–H groups in total. The van der Waals surface area contributed by atoms with Gasteiger partial charge in [0.15, 0.2) is 0 Å². The lowest BCUT2D eigenvalue weighted by Gasteiger charge is -2.12. The third-order valence-electron chi connectivity index (χ3n) is 1.08. The largest absolute Gasteiger partial charge is 0.373 e. The van der Waals surface area contributed by atoms with Gasteiger partial charge in [-0.05, 0) is 0 Å². The van der Waals surface area contributed by atoms with Crippen LogP contribution in [0.3, 0.4) is 0 Å². The summed E-state index contributed by atoms with van der Waals surface area (Å²) >= 11 is 0. The lowest BCUT2D eigenvalue weighted by atomic mass is 10.4. The summed E-state index contributed by atoms with van der Waals surface area (Å²) < 4.78 is 57.5. The van der Waals surface area contributed by atoms with Gasteiger partial charge < -0.3 is 9.47 Å². The van der Waals surface area contributed by atoms with E-state index in [0.29, 0.717) is 13.8 Å². The summed E-state index contributed by atoms with van der Waals surface area (Å²) in [6, 6.07) is 0. The lowest BCUT2D eigenvalue weighted by Crippen LogP contribution is -2.23. The molecule has 0 rings (SSSR count). The van der Waals surface area contributed by atoms with E-state index in [-0.39, 0.29) is 13.2 Å². The summed E-state index contributed by atoms with van der Waals surface area (Å²) in [7, 11) is 0. The second kappa shape index (κ2) is 5.50. The molecule has 14 heavy (non-hydrogen) atoms. The van der Waals surface area contributed by atoms with Crippen molar-refractivity contribution >= 4 is 0 Å². The minimum absolute atomic E-state index is 0.112. The van der Waals surface area contributed by atoms with E-state index in [2.05, 4.69) is 9.47 Å². The summed E-state index contributed by atoms with van der Waals surface area (Å²) in [6.07, 6.45) is 0. The minimum atomic E-state index is -2.89. The van der Waals surface area contributed by atoms with Gasteiger partial charge in [-0.15, -0.1) is 0 Å². The summed E-state index contributed by atoms with van der Waals surface area (Å²) in [5.74, 6) is -5.79. The van der Waals surface area contributed by atoms with Crippen LogP contribution in [-0.4, -0.2) is 38.3 Å². The monoisotopic (exact) mass is 218 g/mol. The van der Waals surface area contributed by atoms with Gasteiger partial charge in [0.25, 0.3) is 11.8 Å². The molecule has 0 fully saturated rings. The number of alkyl halides is 4. The van der Waals surface area contributed by atoms with Gasteiger partial charge in [0.05, 0.1) is 13.2 Å². The van der Waals surface area contributed by atoms with Crippen molar-refractivity contribution < 1.29 is 27.0 Å². The van der Waals surface area contributed by atoms with Gasteiger partial charge in [-0.3, -0.25) is 0 Å². The number of ether oxygens (including phenoxy) is 2. The van der Waals surface area contributed by atoms with Crippen LogP contribution in [0, 0.1) is 0 Å². The van der Waals surface area contributed by atoms with Gasteiger partial charge >= 0.3 is 0 Å². The van der Waals surface area contributed by atoms with Gasteiger partial charge in [0.2, 0.25) is 0 Å². The first-order valence-electron chi connectivity index (χ1n) is 4.12. The molecule has 0 spiro atoms. The average molecular weight is 218 g/mol. The lowest BCUT2D eigenvalue weighted by molar-refractivity contribution is -0.0943. The van der Waals surface area contributed by atoms with Crippen molar-refractivity contribution in [3.8, 4) is 0 Å². The molecule has 0 atom stereocenters. The van der Waals surface area contributed by atoms with E-state index in [0.717, 1.165) is 0 Å². The Balaban J connectivity index is 3.23. The number of rotatable bonds is 7. The van der Waals surface area contributed by atoms with E-state index in [9.17, 15) is 17.6 Å². The van der Waals surface area contributed by atoms with Gasteiger partial charge in [0, 0.05) is 13.8 Å². The van der Waals surface area contributed by atoms with Crippen LogP contribution in [0.25, 0.3) is 0 Å². The number of hydrogen-bond donors (Lipinski definition) is 0. The highest BCUT2D eigenvalue weighted by Crippen LogP contribution is 2.12. The predicted molar refractivity (Wildman–Crippen MR) is 42.9 cm³/mol. The third kappa shape index (κ3) is 11.6. The highest BCUT2D eigenvalue weighted by molar-refractivity contribution is 4.56. The maximum atomic E-state index is 12.1. The van der Waals surface area contributed by atoms with Crippen LogP contribution in [0.5, 0.6) is 0 Å².